The second-order valence-electron chi connectivity index (χ2n) is 3.93. The van der Waals surface area contributed by atoms with Crippen LogP contribution in [0.25, 0.3) is 0 Å². The van der Waals surface area contributed by atoms with Crippen molar-refractivity contribution in [1.29, 1.82) is 0 Å². The Morgan fingerprint density at radius 1 is 1.10 bits per heavy atom. The fourth-order valence-electron chi connectivity index (χ4n) is 1.55. The topological polar surface area (TPSA) is 46.2 Å². The fraction of sp³-hybridized carbons (Fsp3) is 0. The van der Waals surface area contributed by atoms with Crippen molar-refractivity contribution in [3.8, 4) is 0 Å². The van der Waals surface area contributed by atoms with E-state index in [9.17, 15) is 17.2 Å². The number of rotatable bonds is 3. The van der Waals surface area contributed by atoms with E-state index in [1.165, 1.54) is 18.2 Å². The third-order valence-corrected chi connectivity index (χ3v) is 5.28. The van der Waals surface area contributed by atoms with E-state index in [-0.39, 0.29) is 15.2 Å². The van der Waals surface area contributed by atoms with E-state index in [0.29, 0.717) is 11.1 Å². The second kappa shape index (κ2) is 6.08. The molecular formula is C12H6BrCl2F2NO2S. The van der Waals surface area contributed by atoms with Crippen LogP contribution in [0.4, 0.5) is 14.5 Å². The highest BCUT2D eigenvalue weighted by atomic mass is 79.9. The lowest BCUT2D eigenvalue weighted by Gasteiger charge is -2.12. The number of nitrogens with one attached hydrogen (secondary N) is 1. The van der Waals surface area contributed by atoms with Crippen molar-refractivity contribution in [2.24, 2.45) is 0 Å². The van der Waals surface area contributed by atoms with Gasteiger partial charge in [-0.15, -0.1) is 0 Å². The van der Waals surface area contributed by atoms with Crippen LogP contribution >= 0.6 is 39.1 Å². The summed E-state index contributed by atoms with van der Waals surface area (Å²) in [5.74, 6) is -2.12. The number of halogens is 5. The lowest BCUT2D eigenvalue weighted by atomic mass is 10.3. The third-order valence-electron chi connectivity index (χ3n) is 2.41. The minimum atomic E-state index is -4.29. The van der Waals surface area contributed by atoms with Gasteiger partial charge in [0.15, 0.2) is 0 Å². The van der Waals surface area contributed by atoms with Crippen LogP contribution in [-0.4, -0.2) is 8.42 Å². The van der Waals surface area contributed by atoms with Crippen molar-refractivity contribution < 1.29 is 17.2 Å². The van der Waals surface area contributed by atoms with Crippen molar-refractivity contribution >= 4 is 54.8 Å². The Morgan fingerprint density at radius 3 is 2.33 bits per heavy atom. The molecule has 0 bridgehead atoms. The molecule has 0 fully saturated rings. The van der Waals surface area contributed by atoms with Crippen LogP contribution in [0.1, 0.15) is 0 Å². The molecule has 1 N–H and O–H groups in total. The Balaban J connectivity index is 2.48. The van der Waals surface area contributed by atoms with Gasteiger partial charge in [0.05, 0.1) is 10.7 Å². The maximum Gasteiger partial charge on any atom is 0.266 e. The number of sulfonamides is 1. The standard InChI is InChI=1S/C12H6BrCl2F2NO2S/c13-8-4-7(16)5-10(17)12(8)21(19,20)18-11-2-1-6(14)3-9(11)15/h1-5,18H. The summed E-state index contributed by atoms with van der Waals surface area (Å²) >= 11 is 14.4. The van der Waals surface area contributed by atoms with E-state index in [1.54, 1.807) is 0 Å². The van der Waals surface area contributed by atoms with Crippen LogP contribution in [0.2, 0.25) is 10.0 Å². The van der Waals surface area contributed by atoms with Gasteiger partial charge in [0.25, 0.3) is 10.0 Å². The quantitative estimate of drug-likeness (QED) is 0.778. The lowest BCUT2D eigenvalue weighted by molar-refractivity contribution is 0.548. The van der Waals surface area contributed by atoms with Gasteiger partial charge in [-0.3, -0.25) is 4.72 Å². The SMILES string of the molecule is O=S(=O)(Nc1ccc(Cl)cc1Cl)c1c(F)cc(F)cc1Br. The van der Waals surface area contributed by atoms with Crippen LogP contribution in [0.15, 0.2) is 39.7 Å². The fourth-order valence-corrected chi connectivity index (χ4v) is 4.31. The Labute approximate surface area is 138 Å². The number of hydrogen-bond acceptors (Lipinski definition) is 2. The summed E-state index contributed by atoms with van der Waals surface area (Å²) in [6.07, 6.45) is 0. The van der Waals surface area contributed by atoms with Crippen LogP contribution in [0.5, 0.6) is 0 Å². The molecule has 0 aliphatic carbocycles. The lowest BCUT2D eigenvalue weighted by Crippen LogP contribution is -2.16. The van der Waals surface area contributed by atoms with Crippen molar-refractivity contribution in [2.45, 2.75) is 4.90 Å². The molecule has 21 heavy (non-hydrogen) atoms. The van der Waals surface area contributed by atoms with Crippen molar-refractivity contribution in [2.75, 3.05) is 4.72 Å². The van der Waals surface area contributed by atoms with E-state index in [2.05, 4.69) is 20.7 Å². The molecule has 0 aliphatic heterocycles. The molecule has 2 aromatic rings. The highest BCUT2D eigenvalue weighted by molar-refractivity contribution is 9.10. The summed E-state index contributed by atoms with van der Waals surface area (Å²) < 4.78 is 53.0. The molecule has 2 aromatic carbocycles. The average Bonchev–Trinajstić information content (AvgIpc) is 2.30. The molecular weight excluding hydrogens is 411 g/mol. The van der Waals surface area contributed by atoms with Gasteiger partial charge in [-0.2, -0.15) is 0 Å². The van der Waals surface area contributed by atoms with Gasteiger partial charge in [0.2, 0.25) is 0 Å². The van der Waals surface area contributed by atoms with E-state index in [4.69, 9.17) is 23.2 Å². The van der Waals surface area contributed by atoms with Gasteiger partial charge >= 0.3 is 0 Å². The van der Waals surface area contributed by atoms with E-state index in [1.807, 2.05) is 0 Å². The Morgan fingerprint density at radius 2 is 1.76 bits per heavy atom. The molecule has 0 saturated carbocycles. The molecule has 0 atom stereocenters. The summed E-state index contributed by atoms with van der Waals surface area (Å²) in [5.41, 5.74) is 0.0247. The molecule has 0 heterocycles. The van der Waals surface area contributed by atoms with Crippen LogP contribution in [-0.2, 0) is 10.0 Å². The van der Waals surface area contributed by atoms with Crippen molar-refractivity contribution in [3.63, 3.8) is 0 Å². The summed E-state index contributed by atoms with van der Waals surface area (Å²) in [6.45, 7) is 0. The first-order chi connectivity index (χ1) is 9.70. The number of hydrogen-bond donors (Lipinski definition) is 1. The minimum Gasteiger partial charge on any atom is -0.278 e. The first-order valence-corrected chi connectivity index (χ1v) is 8.36. The zero-order valence-electron chi connectivity index (χ0n) is 10.0. The highest BCUT2D eigenvalue weighted by Gasteiger charge is 2.24. The first kappa shape index (κ1) is 16.5. The van der Waals surface area contributed by atoms with Gasteiger partial charge < -0.3 is 0 Å². The molecule has 0 amide bonds. The van der Waals surface area contributed by atoms with Gasteiger partial charge in [-0.05, 0) is 40.2 Å². The molecule has 0 spiro atoms. The van der Waals surface area contributed by atoms with E-state index >= 15 is 0 Å². The smallest absolute Gasteiger partial charge is 0.266 e. The zero-order chi connectivity index (χ0) is 15.8. The summed E-state index contributed by atoms with van der Waals surface area (Å²) in [4.78, 5) is -0.713. The molecule has 0 aliphatic rings. The number of benzene rings is 2. The Kier molecular flexibility index (Phi) is 4.77. The summed E-state index contributed by atoms with van der Waals surface area (Å²) in [6, 6.07) is 5.40. The molecule has 0 unspecified atom stereocenters. The normalized spacial score (nSPS) is 11.5. The van der Waals surface area contributed by atoms with Crippen molar-refractivity contribution in [3.05, 3.63) is 56.5 Å². The predicted octanol–water partition coefficient (Wildman–Crippen LogP) is 4.83. The zero-order valence-corrected chi connectivity index (χ0v) is 13.9. The third kappa shape index (κ3) is 3.66. The van der Waals surface area contributed by atoms with Crippen molar-refractivity contribution in [1.82, 2.24) is 0 Å². The van der Waals surface area contributed by atoms with E-state index < -0.39 is 26.6 Å². The molecule has 112 valence electrons. The van der Waals surface area contributed by atoms with Crippen LogP contribution < -0.4 is 4.72 Å². The second-order valence-corrected chi connectivity index (χ2v) is 7.25. The predicted molar refractivity (Wildman–Crippen MR) is 81.3 cm³/mol. The van der Waals surface area contributed by atoms with Gasteiger partial charge in [-0.25, -0.2) is 17.2 Å². The summed E-state index contributed by atoms with van der Waals surface area (Å²) in [7, 11) is -4.29. The average molecular weight is 417 g/mol. The van der Waals surface area contributed by atoms with E-state index in [0.717, 1.165) is 6.07 Å². The molecule has 2 rings (SSSR count). The maximum absolute atomic E-state index is 13.7. The maximum atomic E-state index is 13.7. The molecule has 0 radical (unpaired) electrons. The Hall–Kier alpha value is -0.890. The molecule has 0 saturated heterocycles. The monoisotopic (exact) mass is 415 g/mol. The Bertz CT molecular complexity index is 792. The first-order valence-electron chi connectivity index (χ1n) is 5.33. The van der Waals surface area contributed by atoms with Gasteiger partial charge in [0.1, 0.15) is 16.5 Å². The number of anilines is 1. The summed E-state index contributed by atoms with van der Waals surface area (Å²) in [5, 5.41) is 0.363. The van der Waals surface area contributed by atoms with Crippen LogP contribution in [0.3, 0.4) is 0 Å². The highest BCUT2D eigenvalue weighted by Crippen LogP contribution is 2.31. The van der Waals surface area contributed by atoms with Gasteiger partial charge in [-0.1, -0.05) is 23.2 Å². The molecule has 0 aromatic heterocycles. The largest absolute Gasteiger partial charge is 0.278 e. The molecule has 9 heteroatoms. The van der Waals surface area contributed by atoms with Gasteiger partial charge in [0, 0.05) is 15.6 Å². The van der Waals surface area contributed by atoms with Crippen LogP contribution in [0, 0.1) is 11.6 Å². The minimum absolute atomic E-state index is 0.0247. The molecule has 3 nitrogen and oxygen atoms in total.